The number of nitrogens with zero attached hydrogens (tertiary/aromatic N) is 1. The van der Waals surface area contributed by atoms with E-state index in [1.807, 2.05) is 24.4 Å². The van der Waals surface area contributed by atoms with E-state index in [0.29, 0.717) is 0 Å². The molecule has 0 amide bonds. The summed E-state index contributed by atoms with van der Waals surface area (Å²) < 4.78 is 0. The number of rotatable bonds is 3. The predicted molar refractivity (Wildman–Crippen MR) is 89.4 cm³/mol. The number of nitrogens with one attached hydrogen (secondary N) is 1. The van der Waals surface area contributed by atoms with E-state index in [1.54, 1.807) is 6.20 Å². The number of hydrogen-bond acceptors (Lipinski definition) is 3. The molecule has 0 bridgehead atoms. The fraction of sp³-hybridized carbons (Fsp3) is 0.167. The molecule has 3 heteroatoms. The van der Waals surface area contributed by atoms with E-state index in [4.69, 9.17) is 5.73 Å². The molecule has 0 spiro atoms. The monoisotopic (exact) mass is 277 g/mol. The minimum Gasteiger partial charge on any atom is -0.397 e. The minimum atomic E-state index is 0.201. The van der Waals surface area contributed by atoms with Gasteiger partial charge >= 0.3 is 0 Å². The molecule has 1 heterocycles. The van der Waals surface area contributed by atoms with Crippen LogP contribution in [-0.4, -0.2) is 4.98 Å². The van der Waals surface area contributed by atoms with Crippen LogP contribution in [0.1, 0.15) is 24.1 Å². The van der Waals surface area contributed by atoms with Crippen LogP contribution in [0.4, 0.5) is 11.4 Å². The third-order valence-corrected chi connectivity index (χ3v) is 3.81. The van der Waals surface area contributed by atoms with Crippen molar-refractivity contribution in [2.24, 2.45) is 0 Å². The summed E-state index contributed by atoms with van der Waals surface area (Å²) in [4.78, 5) is 4.12. The molecule has 0 aliphatic rings. The lowest BCUT2D eigenvalue weighted by Crippen LogP contribution is -2.08. The Hall–Kier alpha value is -2.55. The summed E-state index contributed by atoms with van der Waals surface area (Å²) >= 11 is 0. The van der Waals surface area contributed by atoms with Crippen molar-refractivity contribution in [1.82, 2.24) is 4.98 Å². The molecule has 3 aromatic rings. The number of fused-ring (bicyclic) bond motifs is 1. The summed E-state index contributed by atoms with van der Waals surface area (Å²) in [6.45, 7) is 4.23. The second-order valence-corrected chi connectivity index (χ2v) is 5.40. The Morgan fingerprint density at radius 2 is 1.81 bits per heavy atom. The fourth-order valence-corrected chi connectivity index (χ4v) is 2.49. The number of aryl methyl sites for hydroxylation is 1. The number of hydrogen-bond donors (Lipinski definition) is 2. The van der Waals surface area contributed by atoms with Gasteiger partial charge in [-0.3, -0.25) is 4.98 Å². The zero-order valence-electron chi connectivity index (χ0n) is 12.3. The maximum atomic E-state index is 6.28. The van der Waals surface area contributed by atoms with E-state index in [1.165, 1.54) is 11.1 Å². The molecule has 3 N–H and O–H groups in total. The standard InChI is InChI=1S/C18H19N3/c1-12-3-5-14(6-4-12)13(2)21-17-8-7-15-11-20-10-9-16(15)18(17)19/h3-11,13,21H,19H2,1-2H3. The molecule has 1 aromatic heterocycles. The largest absolute Gasteiger partial charge is 0.397 e. The van der Waals surface area contributed by atoms with Gasteiger partial charge in [0.25, 0.3) is 0 Å². The molecule has 21 heavy (non-hydrogen) atoms. The van der Waals surface area contributed by atoms with Crippen LogP contribution < -0.4 is 11.1 Å². The van der Waals surface area contributed by atoms with Gasteiger partial charge in [-0.1, -0.05) is 35.9 Å². The lowest BCUT2D eigenvalue weighted by Gasteiger charge is -2.18. The highest BCUT2D eigenvalue weighted by molar-refractivity contribution is 5.98. The number of anilines is 2. The molecule has 0 aliphatic heterocycles. The van der Waals surface area contributed by atoms with Gasteiger partial charge in [-0.15, -0.1) is 0 Å². The third kappa shape index (κ3) is 2.68. The number of benzene rings is 2. The van der Waals surface area contributed by atoms with Gasteiger partial charge in [0.1, 0.15) is 0 Å². The minimum absolute atomic E-state index is 0.201. The van der Waals surface area contributed by atoms with Gasteiger partial charge < -0.3 is 11.1 Å². The van der Waals surface area contributed by atoms with Crippen LogP contribution >= 0.6 is 0 Å². The molecule has 1 atom stereocenters. The second kappa shape index (κ2) is 5.44. The van der Waals surface area contributed by atoms with Crippen LogP contribution in [0.2, 0.25) is 0 Å². The lowest BCUT2D eigenvalue weighted by atomic mass is 10.1. The first kappa shape index (κ1) is 13.4. The van der Waals surface area contributed by atoms with Gasteiger partial charge in [-0.05, 0) is 31.5 Å². The Kier molecular flexibility index (Phi) is 3.48. The van der Waals surface area contributed by atoms with E-state index in [2.05, 4.69) is 48.4 Å². The third-order valence-electron chi connectivity index (χ3n) is 3.81. The lowest BCUT2D eigenvalue weighted by molar-refractivity contribution is 0.885. The number of nitrogens with two attached hydrogens (primary N) is 1. The summed E-state index contributed by atoms with van der Waals surface area (Å²) in [6.07, 6.45) is 3.60. The highest BCUT2D eigenvalue weighted by atomic mass is 14.9. The van der Waals surface area contributed by atoms with Gasteiger partial charge in [0.05, 0.1) is 11.4 Å². The van der Waals surface area contributed by atoms with Crippen LogP contribution in [0.25, 0.3) is 10.8 Å². The molecule has 0 saturated carbocycles. The molecule has 2 aromatic carbocycles. The molecular weight excluding hydrogens is 258 g/mol. The van der Waals surface area contributed by atoms with Crippen molar-refractivity contribution < 1.29 is 0 Å². The maximum Gasteiger partial charge on any atom is 0.0630 e. The van der Waals surface area contributed by atoms with Gasteiger partial charge in [0, 0.05) is 29.2 Å². The van der Waals surface area contributed by atoms with Crippen molar-refractivity contribution >= 4 is 22.1 Å². The van der Waals surface area contributed by atoms with Crippen molar-refractivity contribution in [2.75, 3.05) is 11.1 Å². The quantitative estimate of drug-likeness (QED) is 0.702. The summed E-state index contributed by atoms with van der Waals surface area (Å²) in [7, 11) is 0. The van der Waals surface area contributed by atoms with E-state index >= 15 is 0 Å². The zero-order chi connectivity index (χ0) is 14.8. The highest BCUT2D eigenvalue weighted by Crippen LogP contribution is 2.30. The van der Waals surface area contributed by atoms with Crippen LogP contribution in [0, 0.1) is 6.92 Å². The number of nitrogen functional groups attached to an aromatic ring is 1. The van der Waals surface area contributed by atoms with Gasteiger partial charge in [0.15, 0.2) is 0 Å². The van der Waals surface area contributed by atoms with Crippen molar-refractivity contribution in [1.29, 1.82) is 0 Å². The topological polar surface area (TPSA) is 50.9 Å². The summed E-state index contributed by atoms with van der Waals surface area (Å²) in [5.74, 6) is 0. The average Bonchev–Trinajstić information content (AvgIpc) is 2.51. The van der Waals surface area contributed by atoms with Crippen molar-refractivity contribution in [3.63, 3.8) is 0 Å². The second-order valence-electron chi connectivity index (χ2n) is 5.40. The zero-order valence-corrected chi connectivity index (χ0v) is 12.3. The summed E-state index contributed by atoms with van der Waals surface area (Å²) in [5, 5.41) is 5.58. The molecule has 3 nitrogen and oxygen atoms in total. The first-order chi connectivity index (χ1) is 10.1. The fourth-order valence-electron chi connectivity index (χ4n) is 2.49. The predicted octanol–water partition coefficient (Wildman–Crippen LogP) is 4.30. The molecule has 0 fully saturated rings. The molecule has 0 radical (unpaired) electrons. The molecular formula is C18H19N3. The van der Waals surface area contributed by atoms with Crippen molar-refractivity contribution in [2.45, 2.75) is 19.9 Å². The first-order valence-electron chi connectivity index (χ1n) is 7.10. The van der Waals surface area contributed by atoms with Gasteiger partial charge in [-0.2, -0.15) is 0 Å². The molecule has 3 rings (SSSR count). The van der Waals surface area contributed by atoms with Gasteiger partial charge in [0.2, 0.25) is 0 Å². The normalized spacial score (nSPS) is 12.3. The molecule has 0 saturated heterocycles. The van der Waals surface area contributed by atoms with E-state index in [9.17, 15) is 0 Å². The van der Waals surface area contributed by atoms with Gasteiger partial charge in [-0.25, -0.2) is 0 Å². The van der Waals surface area contributed by atoms with E-state index in [0.717, 1.165) is 22.1 Å². The highest BCUT2D eigenvalue weighted by Gasteiger charge is 2.09. The molecule has 0 aliphatic carbocycles. The van der Waals surface area contributed by atoms with E-state index in [-0.39, 0.29) is 6.04 Å². The maximum absolute atomic E-state index is 6.28. The SMILES string of the molecule is Cc1ccc(C(C)Nc2ccc3cnccc3c2N)cc1. The Labute approximate surface area is 124 Å². The Balaban J connectivity index is 1.91. The number of aromatic nitrogens is 1. The van der Waals surface area contributed by atoms with Crippen molar-refractivity contribution in [3.05, 3.63) is 66.0 Å². The smallest absolute Gasteiger partial charge is 0.0630 e. The number of pyridine rings is 1. The molecule has 1 unspecified atom stereocenters. The first-order valence-corrected chi connectivity index (χ1v) is 7.10. The average molecular weight is 277 g/mol. The van der Waals surface area contributed by atoms with Crippen LogP contribution in [0.5, 0.6) is 0 Å². The van der Waals surface area contributed by atoms with Crippen LogP contribution in [0.3, 0.4) is 0 Å². The molecule has 106 valence electrons. The van der Waals surface area contributed by atoms with Crippen LogP contribution in [-0.2, 0) is 0 Å². The van der Waals surface area contributed by atoms with E-state index < -0.39 is 0 Å². The Morgan fingerprint density at radius 1 is 1.05 bits per heavy atom. The van der Waals surface area contributed by atoms with Crippen LogP contribution in [0.15, 0.2) is 54.9 Å². The summed E-state index contributed by atoms with van der Waals surface area (Å²) in [6, 6.07) is 14.8. The Morgan fingerprint density at radius 3 is 2.57 bits per heavy atom. The van der Waals surface area contributed by atoms with Crippen molar-refractivity contribution in [3.8, 4) is 0 Å². The Bertz CT molecular complexity index is 763. The summed E-state index contributed by atoms with van der Waals surface area (Å²) in [5.41, 5.74) is 10.5.